The lowest BCUT2D eigenvalue weighted by Crippen LogP contribution is -2.61. The Balaban J connectivity index is 1.90. The Bertz CT molecular complexity index is 202. The van der Waals surface area contributed by atoms with E-state index in [0.717, 1.165) is 13.1 Å². The summed E-state index contributed by atoms with van der Waals surface area (Å²) in [4.78, 5) is 13.6. The van der Waals surface area contributed by atoms with Crippen molar-refractivity contribution in [3.63, 3.8) is 0 Å². The van der Waals surface area contributed by atoms with Crippen LogP contribution in [0.5, 0.6) is 0 Å². The van der Waals surface area contributed by atoms with Crippen molar-refractivity contribution >= 4 is 16.9 Å². The Morgan fingerprint density at radius 3 is 2.92 bits per heavy atom. The zero-order valence-corrected chi connectivity index (χ0v) is 8.77. The summed E-state index contributed by atoms with van der Waals surface area (Å²) in [5.74, 6) is 0. The molecule has 0 amide bonds. The zero-order valence-electron chi connectivity index (χ0n) is 7.95. The molecule has 0 aromatic heterocycles. The van der Waals surface area contributed by atoms with Crippen molar-refractivity contribution in [2.75, 3.05) is 25.9 Å². The number of hydrogen-bond acceptors (Lipinski definition) is 4. The first kappa shape index (κ1) is 9.49. The van der Waals surface area contributed by atoms with Crippen molar-refractivity contribution in [1.29, 1.82) is 0 Å². The van der Waals surface area contributed by atoms with Crippen LogP contribution in [-0.4, -0.2) is 48.0 Å². The third-order valence-electron chi connectivity index (χ3n) is 3.02. The second kappa shape index (κ2) is 3.98. The molecule has 0 aromatic rings. The monoisotopic (exact) mass is 200 g/mol. The SMILES string of the molecule is CSC(=O)CN1CC2CCC1CN2. The summed E-state index contributed by atoms with van der Waals surface area (Å²) in [5, 5.41) is 3.78. The predicted molar refractivity (Wildman–Crippen MR) is 54.9 cm³/mol. The lowest BCUT2D eigenvalue weighted by Gasteiger charge is -2.45. The maximum atomic E-state index is 11.3. The van der Waals surface area contributed by atoms with Crippen LogP contribution < -0.4 is 5.32 Å². The molecule has 3 rings (SSSR count). The van der Waals surface area contributed by atoms with Crippen molar-refractivity contribution in [2.45, 2.75) is 24.9 Å². The van der Waals surface area contributed by atoms with Crippen LogP contribution in [0.1, 0.15) is 12.8 Å². The van der Waals surface area contributed by atoms with E-state index < -0.39 is 0 Å². The Hall–Kier alpha value is -0.0600. The van der Waals surface area contributed by atoms with Crippen LogP contribution in [0.25, 0.3) is 0 Å². The fraction of sp³-hybridized carbons (Fsp3) is 0.889. The lowest BCUT2D eigenvalue weighted by molar-refractivity contribution is -0.113. The van der Waals surface area contributed by atoms with Gasteiger partial charge in [0, 0.05) is 25.2 Å². The number of carbonyl (C=O) groups excluding carboxylic acids is 1. The van der Waals surface area contributed by atoms with Gasteiger partial charge in [0.2, 0.25) is 5.12 Å². The molecule has 3 aliphatic rings. The molecule has 13 heavy (non-hydrogen) atoms. The van der Waals surface area contributed by atoms with E-state index in [0.29, 0.717) is 23.7 Å². The van der Waals surface area contributed by atoms with Gasteiger partial charge in [-0.2, -0.15) is 0 Å². The minimum atomic E-state index is 0.299. The van der Waals surface area contributed by atoms with Gasteiger partial charge in [0.15, 0.2) is 0 Å². The Morgan fingerprint density at radius 1 is 1.62 bits per heavy atom. The molecular formula is C9H16N2OS. The average molecular weight is 200 g/mol. The minimum Gasteiger partial charge on any atom is -0.311 e. The highest BCUT2D eigenvalue weighted by molar-refractivity contribution is 8.13. The Labute approximate surface area is 83.2 Å². The van der Waals surface area contributed by atoms with E-state index >= 15 is 0 Å². The smallest absolute Gasteiger partial charge is 0.202 e. The Morgan fingerprint density at radius 2 is 2.46 bits per heavy atom. The molecule has 4 heteroatoms. The first-order chi connectivity index (χ1) is 6.29. The van der Waals surface area contributed by atoms with Crippen LogP contribution in [-0.2, 0) is 4.79 Å². The van der Waals surface area contributed by atoms with Crippen molar-refractivity contribution in [3.05, 3.63) is 0 Å². The maximum absolute atomic E-state index is 11.3. The molecule has 2 unspecified atom stereocenters. The molecular weight excluding hydrogens is 184 g/mol. The predicted octanol–water partition coefficient (Wildman–Crippen LogP) is 0.312. The molecule has 74 valence electrons. The van der Waals surface area contributed by atoms with E-state index in [4.69, 9.17) is 0 Å². The molecule has 0 saturated carbocycles. The van der Waals surface area contributed by atoms with Gasteiger partial charge in [-0.25, -0.2) is 0 Å². The third-order valence-corrected chi connectivity index (χ3v) is 3.61. The van der Waals surface area contributed by atoms with Crippen LogP contribution in [0.2, 0.25) is 0 Å². The van der Waals surface area contributed by atoms with E-state index in [-0.39, 0.29) is 0 Å². The highest BCUT2D eigenvalue weighted by Gasteiger charge is 2.33. The number of carbonyl (C=O) groups is 1. The maximum Gasteiger partial charge on any atom is 0.202 e. The number of hydrogen-bond donors (Lipinski definition) is 1. The largest absolute Gasteiger partial charge is 0.311 e. The molecule has 0 spiro atoms. The Kier molecular flexibility index (Phi) is 2.91. The molecule has 3 heterocycles. The van der Waals surface area contributed by atoms with Crippen molar-refractivity contribution in [1.82, 2.24) is 10.2 Å². The van der Waals surface area contributed by atoms with Crippen LogP contribution in [0.3, 0.4) is 0 Å². The topological polar surface area (TPSA) is 32.3 Å². The van der Waals surface area contributed by atoms with E-state index in [2.05, 4.69) is 10.2 Å². The molecule has 2 bridgehead atoms. The number of thioether (sulfide) groups is 1. The highest BCUT2D eigenvalue weighted by Crippen LogP contribution is 2.22. The fourth-order valence-corrected chi connectivity index (χ4v) is 2.52. The van der Waals surface area contributed by atoms with Crippen LogP contribution in [0.4, 0.5) is 0 Å². The number of fused-ring (bicyclic) bond motifs is 3. The van der Waals surface area contributed by atoms with Gasteiger partial charge in [-0.15, -0.1) is 0 Å². The summed E-state index contributed by atoms with van der Waals surface area (Å²) < 4.78 is 0. The van der Waals surface area contributed by atoms with Crippen LogP contribution >= 0.6 is 11.8 Å². The van der Waals surface area contributed by atoms with E-state index in [1.54, 1.807) is 0 Å². The van der Waals surface area contributed by atoms with Crippen LogP contribution in [0.15, 0.2) is 0 Å². The first-order valence-electron chi connectivity index (χ1n) is 4.84. The molecule has 0 aromatic carbocycles. The van der Waals surface area contributed by atoms with Crippen molar-refractivity contribution in [3.8, 4) is 0 Å². The molecule has 0 radical (unpaired) electrons. The van der Waals surface area contributed by atoms with Gasteiger partial charge in [-0.3, -0.25) is 9.69 Å². The molecule has 3 aliphatic heterocycles. The number of piperidine rings is 2. The summed E-state index contributed by atoms with van der Waals surface area (Å²) in [6, 6.07) is 1.25. The van der Waals surface area contributed by atoms with Gasteiger partial charge in [-0.05, 0) is 19.1 Å². The van der Waals surface area contributed by atoms with Crippen molar-refractivity contribution < 1.29 is 4.79 Å². The summed E-state index contributed by atoms with van der Waals surface area (Å²) in [6.07, 6.45) is 4.41. The van der Waals surface area contributed by atoms with E-state index in [1.807, 2.05) is 6.26 Å². The molecule has 1 N–H and O–H groups in total. The summed E-state index contributed by atoms with van der Waals surface area (Å²) in [6.45, 7) is 2.79. The summed E-state index contributed by atoms with van der Waals surface area (Å²) in [5.41, 5.74) is 0. The van der Waals surface area contributed by atoms with Gasteiger partial charge in [0.25, 0.3) is 0 Å². The van der Waals surface area contributed by atoms with Crippen molar-refractivity contribution in [2.24, 2.45) is 0 Å². The van der Waals surface area contributed by atoms with Gasteiger partial charge >= 0.3 is 0 Å². The molecule has 0 aliphatic carbocycles. The van der Waals surface area contributed by atoms with Gasteiger partial charge < -0.3 is 5.32 Å². The fourth-order valence-electron chi connectivity index (χ4n) is 2.22. The first-order valence-corrected chi connectivity index (χ1v) is 6.06. The highest BCUT2D eigenvalue weighted by atomic mass is 32.2. The second-order valence-corrected chi connectivity index (χ2v) is 4.71. The van der Waals surface area contributed by atoms with E-state index in [9.17, 15) is 4.79 Å². The molecule has 2 atom stereocenters. The second-order valence-electron chi connectivity index (χ2n) is 3.84. The van der Waals surface area contributed by atoms with Gasteiger partial charge in [0.1, 0.15) is 0 Å². The number of piperazine rings is 1. The minimum absolute atomic E-state index is 0.299. The number of rotatable bonds is 2. The third kappa shape index (κ3) is 2.06. The van der Waals surface area contributed by atoms with E-state index in [1.165, 1.54) is 24.6 Å². The summed E-state index contributed by atoms with van der Waals surface area (Å²) in [7, 11) is 0. The quantitative estimate of drug-likeness (QED) is 0.695. The molecule has 3 nitrogen and oxygen atoms in total. The average Bonchev–Trinajstić information content (AvgIpc) is 2.19. The normalized spacial score (nSPS) is 33.6. The zero-order chi connectivity index (χ0) is 9.26. The standard InChI is InChI=1S/C9H16N2OS/c1-13-9(12)6-11-5-7-2-3-8(11)4-10-7/h7-8,10H,2-6H2,1H3. The van der Waals surface area contributed by atoms with Gasteiger partial charge in [0.05, 0.1) is 6.54 Å². The molecule has 3 saturated heterocycles. The lowest BCUT2D eigenvalue weighted by atomic mass is 9.93. The number of nitrogens with zero attached hydrogens (tertiary/aromatic N) is 1. The van der Waals surface area contributed by atoms with Crippen LogP contribution in [0, 0.1) is 0 Å². The molecule has 3 fully saturated rings. The number of nitrogens with one attached hydrogen (secondary N) is 1. The van der Waals surface area contributed by atoms with Gasteiger partial charge in [-0.1, -0.05) is 11.8 Å². The summed E-state index contributed by atoms with van der Waals surface area (Å²) >= 11 is 1.34.